The standard InChI is InChI=1S/C16H14BrClN2O/c1-10-16(17)14(20(2)19-10)9-21-15-8-7-13(18)11-5-3-4-6-12(11)15/h3-8H,9H2,1-2H3. The van der Waals surface area contributed by atoms with E-state index in [1.165, 1.54) is 0 Å². The van der Waals surface area contributed by atoms with Crippen molar-refractivity contribution in [3.63, 3.8) is 0 Å². The lowest BCUT2D eigenvalue weighted by Gasteiger charge is -2.11. The highest BCUT2D eigenvalue weighted by molar-refractivity contribution is 9.10. The Morgan fingerprint density at radius 3 is 2.57 bits per heavy atom. The van der Waals surface area contributed by atoms with E-state index in [-0.39, 0.29) is 0 Å². The van der Waals surface area contributed by atoms with Crippen LogP contribution in [0.4, 0.5) is 0 Å². The molecular weight excluding hydrogens is 352 g/mol. The van der Waals surface area contributed by atoms with Gasteiger partial charge < -0.3 is 4.74 Å². The Hall–Kier alpha value is -1.52. The molecule has 0 aliphatic rings. The molecule has 5 heteroatoms. The molecule has 3 aromatic rings. The number of hydrogen-bond donors (Lipinski definition) is 0. The molecule has 21 heavy (non-hydrogen) atoms. The smallest absolute Gasteiger partial charge is 0.131 e. The molecule has 0 bridgehead atoms. The zero-order valence-electron chi connectivity index (χ0n) is 11.7. The van der Waals surface area contributed by atoms with Crippen molar-refractivity contribution in [2.45, 2.75) is 13.5 Å². The summed E-state index contributed by atoms with van der Waals surface area (Å²) in [6.07, 6.45) is 0. The Labute approximate surface area is 136 Å². The van der Waals surface area contributed by atoms with Gasteiger partial charge in [-0.2, -0.15) is 5.10 Å². The van der Waals surface area contributed by atoms with E-state index in [9.17, 15) is 0 Å². The summed E-state index contributed by atoms with van der Waals surface area (Å²) in [5.74, 6) is 0.820. The van der Waals surface area contributed by atoms with Crippen LogP contribution in [0.1, 0.15) is 11.4 Å². The maximum atomic E-state index is 6.22. The third-order valence-corrected chi connectivity index (χ3v) is 4.82. The Morgan fingerprint density at radius 1 is 1.19 bits per heavy atom. The van der Waals surface area contributed by atoms with Crippen molar-refractivity contribution in [1.29, 1.82) is 0 Å². The van der Waals surface area contributed by atoms with Crippen LogP contribution < -0.4 is 4.74 Å². The minimum atomic E-state index is 0.448. The maximum Gasteiger partial charge on any atom is 0.131 e. The second-order valence-electron chi connectivity index (χ2n) is 4.85. The SMILES string of the molecule is Cc1nn(C)c(COc2ccc(Cl)c3ccccc23)c1Br. The number of benzene rings is 2. The summed E-state index contributed by atoms with van der Waals surface area (Å²) in [6.45, 7) is 2.41. The molecule has 0 aliphatic carbocycles. The fourth-order valence-corrected chi connectivity index (χ4v) is 3.02. The average molecular weight is 366 g/mol. The molecule has 0 N–H and O–H groups in total. The molecule has 0 spiro atoms. The van der Waals surface area contributed by atoms with Gasteiger partial charge in [-0.15, -0.1) is 0 Å². The molecule has 0 unspecified atom stereocenters. The van der Waals surface area contributed by atoms with Crippen LogP contribution in [0, 0.1) is 6.92 Å². The van der Waals surface area contributed by atoms with Gasteiger partial charge in [0.2, 0.25) is 0 Å². The maximum absolute atomic E-state index is 6.22. The van der Waals surface area contributed by atoms with Gasteiger partial charge in [0.25, 0.3) is 0 Å². The number of halogens is 2. The molecule has 3 rings (SSSR count). The zero-order chi connectivity index (χ0) is 15.0. The first-order chi connectivity index (χ1) is 10.1. The lowest BCUT2D eigenvalue weighted by Crippen LogP contribution is -2.04. The van der Waals surface area contributed by atoms with Gasteiger partial charge in [0.1, 0.15) is 12.4 Å². The van der Waals surface area contributed by atoms with E-state index in [1.54, 1.807) is 0 Å². The third-order valence-electron chi connectivity index (χ3n) is 3.46. The normalized spacial score (nSPS) is 11.0. The van der Waals surface area contributed by atoms with E-state index in [0.29, 0.717) is 6.61 Å². The van der Waals surface area contributed by atoms with Crippen molar-refractivity contribution in [3.8, 4) is 5.75 Å². The Balaban J connectivity index is 1.94. The van der Waals surface area contributed by atoms with Crippen LogP contribution in [0.2, 0.25) is 5.02 Å². The summed E-state index contributed by atoms with van der Waals surface area (Å²) in [7, 11) is 1.91. The van der Waals surface area contributed by atoms with Gasteiger partial charge in [-0.3, -0.25) is 4.68 Å². The van der Waals surface area contributed by atoms with Gasteiger partial charge >= 0.3 is 0 Å². The highest BCUT2D eigenvalue weighted by Gasteiger charge is 2.12. The van der Waals surface area contributed by atoms with E-state index in [1.807, 2.05) is 55.1 Å². The second kappa shape index (κ2) is 5.70. The van der Waals surface area contributed by atoms with Crippen molar-refractivity contribution < 1.29 is 4.74 Å². The summed E-state index contributed by atoms with van der Waals surface area (Å²) in [5.41, 5.74) is 1.96. The number of aryl methyl sites for hydroxylation is 2. The van der Waals surface area contributed by atoms with Gasteiger partial charge in [-0.25, -0.2) is 0 Å². The molecule has 0 saturated heterocycles. The number of aromatic nitrogens is 2. The van der Waals surface area contributed by atoms with E-state index in [0.717, 1.165) is 37.4 Å². The van der Waals surface area contributed by atoms with E-state index < -0.39 is 0 Å². The molecule has 0 atom stereocenters. The zero-order valence-corrected chi connectivity index (χ0v) is 14.1. The van der Waals surface area contributed by atoms with E-state index in [2.05, 4.69) is 21.0 Å². The van der Waals surface area contributed by atoms with Crippen molar-refractivity contribution in [1.82, 2.24) is 9.78 Å². The molecular formula is C16H14BrClN2O. The quantitative estimate of drug-likeness (QED) is 0.661. The monoisotopic (exact) mass is 364 g/mol. The fraction of sp³-hybridized carbons (Fsp3) is 0.188. The number of ether oxygens (including phenoxy) is 1. The van der Waals surface area contributed by atoms with Crippen molar-refractivity contribution in [2.75, 3.05) is 0 Å². The van der Waals surface area contributed by atoms with Crippen LogP contribution in [0.5, 0.6) is 5.75 Å². The Kier molecular flexibility index (Phi) is 3.91. The first-order valence-corrected chi connectivity index (χ1v) is 7.73. The second-order valence-corrected chi connectivity index (χ2v) is 6.05. The van der Waals surface area contributed by atoms with Crippen LogP contribution in [0.25, 0.3) is 10.8 Å². The van der Waals surface area contributed by atoms with Crippen LogP contribution >= 0.6 is 27.5 Å². The molecule has 0 amide bonds. The summed E-state index contributed by atoms with van der Waals surface area (Å²) < 4.78 is 8.81. The molecule has 0 aliphatic heterocycles. The number of nitrogens with zero attached hydrogens (tertiary/aromatic N) is 2. The highest BCUT2D eigenvalue weighted by atomic mass is 79.9. The summed E-state index contributed by atoms with van der Waals surface area (Å²) in [4.78, 5) is 0. The first-order valence-electron chi connectivity index (χ1n) is 6.56. The summed E-state index contributed by atoms with van der Waals surface area (Å²) in [5, 5.41) is 7.11. The highest BCUT2D eigenvalue weighted by Crippen LogP contribution is 2.32. The van der Waals surface area contributed by atoms with Crippen LogP contribution in [-0.2, 0) is 13.7 Å². The van der Waals surface area contributed by atoms with Gasteiger partial charge in [-0.05, 0) is 35.0 Å². The van der Waals surface area contributed by atoms with Crippen molar-refractivity contribution in [2.24, 2.45) is 7.05 Å². The van der Waals surface area contributed by atoms with E-state index in [4.69, 9.17) is 16.3 Å². The van der Waals surface area contributed by atoms with Gasteiger partial charge in [0.15, 0.2) is 0 Å². The Bertz CT molecular complexity index is 813. The molecule has 3 nitrogen and oxygen atoms in total. The van der Waals surface area contributed by atoms with E-state index >= 15 is 0 Å². The molecule has 1 heterocycles. The largest absolute Gasteiger partial charge is 0.487 e. The molecule has 0 saturated carbocycles. The van der Waals surface area contributed by atoms with Gasteiger partial charge in [-0.1, -0.05) is 35.9 Å². The number of rotatable bonds is 3. The lowest BCUT2D eigenvalue weighted by molar-refractivity contribution is 0.297. The summed E-state index contributed by atoms with van der Waals surface area (Å²) >= 11 is 9.77. The summed E-state index contributed by atoms with van der Waals surface area (Å²) in [6, 6.07) is 11.7. The molecule has 1 aromatic heterocycles. The van der Waals surface area contributed by atoms with Gasteiger partial charge in [0, 0.05) is 22.8 Å². The molecule has 108 valence electrons. The molecule has 0 fully saturated rings. The topological polar surface area (TPSA) is 27.1 Å². The Morgan fingerprint density at radius 2 is 1.90 bits per heavy atom. The fourth-order valence-electron chi connectivity index (χ4n) is 2.34. The average Bonchev–Trinajstić information content (AvgIpc) is 2.72. The minimum Gasteiger partial charge on any atom is -0.487 e. The first kappa shape index (κ1) is 14.4. The lowest BCUT2D eigenvalue weighted by atomic mass is 10.1. The van der Waals surface area contributed by atoms with Crippen LogP contribution in [0.15, 0.2) is 40.9 Å². The van der Waals surface area contributed by atoms with Crippen LogP contribution in [-0.4, -0.2) is 9.78 Å². The van der Waals surface area contributed by atoms with Crippen molar-refractivity contribution >= 4 is 38.3 Å². The molecule has 0 radical (unpaired) electrons. The number of fused-ring (bicyclic) bond motifs is 1. The van der Waals surface area contributed by atoms with Gasteiger partial charge in [0.05, 0.1) is 15.9 Å². The van der Waals surface area contributed by atoms with Crippen LogP contribution in [0.3, 0.4) is 0 Å². The third kappa shape index (κ3) is 2.65. The number of hydrogen-bond acceptors (Lipinski definition) is 2. The predicted octanol–water partition coefficient (Wildman–Crippen LogP) is 4.88. The predicted molar refractivity (Wildman–Crippen MR) is 88.9 cm³/mol. The van der Waals surface area contributed by atoms with Crippen molar-refractivity contribution in [3.05, 3.63) is 57.3 Å². The minimum absolute atomic E-state index is 0.448. The molecule has 2 aromatic carbocycles.